The van der Waals surface area contributed by atoms with Gasteiger partial charge in [-0.2, -0.15) is 10.1 Å². The number of alkyl halides is 2. The van der Waals surface area contributed by atoms with Gasteiger partial charge < -0.3 is 5.73 Å². The van der Waals surface area contributed by atoms with Crippen LogP contribution in [-0.4, -0.2) is 40.3 Å². The minimum absolute atomic E-state index is 0.00719. The zero-order valence-corrected chi connectivity index (χ0v) is 17.6. The van der Waals surface area contributed by atoms with Crippen LogP contribution in [0, 0.1) is 11.6 Å². The summed E-state index contributed by atoms with van der Waals surface area (Å²) in [6, 6.07) is 4.75. The Balaban J connectivity index is 1.53. The van der Waals surface area contributed by atoms with Crippen molar-refractivity contribution in [1.29, 1.82) is 0 Å². The van der Waals surface area contributed by atoms with Crippen molar-refractivity contribution in [2.24, 2.45) is 0 Å². The number of fused-ring (bicyclic) bond motifs is 1. The van der Waals surface area contributed by atoms with Gasteiger partial charge in [0.15, 0.2) is 11.5 Å². The van der Waals surface area contributed by atoms with Gasteiger partial charge in [-0.05, 0) is 23.8 Å². The lowest BCUT2D eigenvalue weighted by Gasteiger charge is -2.24. The van der Waals surface area contributed by atoms with Crippen molar-refractivity contribution in [3.05, 3.63) is 78.5 Å². The van der Waals surface area contributed by atoms with Crippen molar-refractivity contribution in [2.75, 3.05) is 5.73 Å². The summed E-state index contributed by atoms with van der Waals surface area (Å²) in [5, 5.41) is 7.94. The van der Waals surface area contributed by atoms with E-state index in [2.05, 4.69) is 25.1 Å². The summed E-state index contributed by atoms with van der Waals surface area (Å²) in [5.74, 6) is -4.36. The van der Waals surface area contributed by atoms with Crippen molar-refractivity contribution >= 4 is 11.6 Å². The molecule has 12 heteroatoms. The molecule has 0 fully saturated rings. The van der Waals surface area contributed by atoms with Crippen LogP contribution in [0.2, 0.25) is 0 Å². The summed E-state index contributed by atoms with van der Waals surface area (Å²) in [7, 11) is 0. The Bertz CT molecular complexity index is 1490. The predicted octanol–water partition coefficient (Wildman–Crippen LogP) is 4.15. The third kappa shape index (κ3) is 3.93. The molecule has 172 valence electrons. The molecule has 0 unspecified atom stereocenters. The van der Waals surface area contributed by atoms with Gasteiger partial charge in [0.1, 0.15) is 11.9 Å². The number of hydrogen-bond acceptors (Lipinski definition) is 6. The fourth-order valence-corrected chi connectivity index (χ4v) is 3.69. The standard InChI is InChI=1S/C22H16F4N8/c1-22(25,26)20(12-2-4-14(23)5-3-12)34-10-13(7-29-34)17-8-28-9-18(30-17)15-6-19-31-21(27)32-33(19)11-16(15)24/h2-11,20H,1H3,(H2,27,32)/t20-/m1/s1. The molecule has 34 heavy (non-hydrogen) atoms. The normalized spacial score (nSPS) is 12.9. The van der Waals surface area contributed by atoms with E-state index in [4.69, 9.17) is 5.73 Å². The number of benzene rings is 1. The molecule has 1 aromatic carbocycles. The summed E-state index contributed by atoms with van der Waals surface area (Å²) < 4.78 is 59.2. The maximum atomic E-state index is 14.7. The summed E-state index contributed by atoms with van der Waals surface area (Å²) in [6.07, 6.45) is 6.64. The number of nitrogens with two attached hydrogens (primary N) is 1. The van der Waals surface area contributed by atoms with Crippen LogP contribution < -0.4 is 5.73 Å². The molecule has 8 nitrogen and oxygen atoms in total. The van der Waals surface area contributed by atoms with Crippen LogP contribution in [0.3, 0.4) is 0 Å². The minimum atomic E-state index is -3.20. The topological polar surface area (TPSA) is 99.8 Å². The number of pyridine rings is 1. The Morgan fingerprint density at radius 1 is 0.971 bits per heavy atom. The number of nitrogen functional groups attached to an aromatic ring is 1. The highest BCUT2D eigenvalue weighted by atomic mass is 19.3. The van der Waals surface area contributed by atoms with Gasteiger partial charge in [-0.3, -0.25) is 9.67 Å². The van der Waals surface area contributed by atoms with Gasteiger partial charge in [0, 0.05) is 24.2 Å². The molecule has 5 rings (SSSR count). The average Bonchev–Trinajstić information content (AvgIpc) is 3.39. The van der Waals surface area contributed by atoms with Crippen LogP contribution in [0.15, 0.2) is 61.3 Å². The number of anilines is 1. The van der Waals surface area contributed by atoms with Crippen LogP contribution in [0.25, 0.3) is 28.2 Å². The van der Waals surface area contributed by atoms with E-state index in [1.807, 2.05) is 0 Å². The second-order valence-corrected chi connectivity index (χ2v) is 7.72. The summed E-state index contributed by atoms with van der Waals surface area (Å²) in [6.45, 7) is 0.763. The SMILES string of the molecule is CC(F)(F)[C@@H](c1ccc(F)cc1)n1cc(-c2cncc(-c3cc4nc(N)nn4cc3F)n2)cn1. The molecule has 0 amide bonds. The molecule has 5 aromatic rings. The van der Waals surface area contributed by atoms with E-state index in [0.29, 0.717) is 16.9 Å². The van der Waals surface area contributed by atoms with Crippen molar-refractivity contribution in [3.63, 3.8) is 0 Å². The van der Waals surface area contributed by atoms with E-state index in [1.54, 1.807) is 0 Å². The Hall–Kier alpha value is -4.35. The first-order valence-electron chi connectivity index (χ1n) is 10.0. The van der Waals surface area contributed by atoms with Crippen LogP contribution >= 0.6 is 0 Å². The quantitative estimate of drug-likeness (QED) is 0.389. The molecule has 2 N–H and O–H groups in total. The highest BCUT2D eigenvalue weighted by Crippen LogP contribution is 2.35. The first kappa shape index (κ1) is 21.5. The zero-order valence-electron chi connectivity index (χ0n) is 17.6. The van der Waals surface area contributed by atoms with Crippen molar-refractivity contribution < 1.29 is 17.6 Å². The van der Waals surface area contributed by atoms with Crippen LogP contribution in [0.5, 0.6) is 0 Å². The zero-order chi connectivity index (χ0) is 24.0. The fourth-order valence-electron chi connectivity index (χ4n) is 3.69. The molecule has 0 aliphatic rings. The van der Waals surface area contributed by atoms with Crippen LogP contribution in [0.1, 0.15) is 18.5 Å². The highest BCUT2D eigenvalue weighted by molar-refractivity contribution is 5.67. The predicted molar refractivity (Wildman–Crippen MR) is 115 cm³/mol. The van der Waals surface area contributed by atoms with Gasteiger partial charge in [-0.25, -0.2) is 27.1 Å². The Morgan fingerprint density at radius 2 is 1.71 bits per heavy atom. The third-order valence-electron chi connectivity index (χ3n) is 5.18. The second-order valence-electron chi connectivity index (χ2n) is 7.72. The molecule has 0 saturated carbocycles. The van der Waals surface area contributed by atoms with E-state index in [1.165, 1.54) is 47.5 Å². The molecular formula is C22H16F4N8. The van der Waals surface area contributed by atoms with E-state index < -0.39 is 23.6 Å². The summed E-state index contributed by atoms with van der Waals surface area (Å²) in [5.41, 5.74) is 7.06. The monoisotopic (exact) mass is 468 g/mol. The maximum absolute atomic E-state index is 14.7. The lowest BCUT2D eigenvalue weighted by molar-refractivity contribution is -0.0217. The largest absolute Gasteiger partial charge is 0.366 e. The molecule has 0 radical (unpaired) electrons. The molecule has 0 bridgehead atoms. The average molecular weight is 468 g/mol. The molecule has 0 spiro atoms. The first-order chi connectivity index (χ1) is 16.2. The molecule has 4 aromatic heterocycles. The van der Waals surface area contributed by atoms with Gasteiger partial charge in [-0.1, -0.05) is 12.1 Å². The minimum Gasteiger partial charge on any atom is -0.366 e. The highest BCUT2D eigenvalue weighted by Gasteiger charge is 2.37. The number of rotatable bonds is 5. The van der Waals surface area contributed by atoms with Crippen LogP contribution in [-0.2, 0) is 0 Å². The number of nitrogens with zero attached hydrogens (tertiary/aromatic N) is 7. The van der Waals surface area contributed by atoms with Crippen molar-refractivity contribution in [3.8, 4) is 22.5 Å². The molecular weight excluding hydrogens is 452 g/mol. The van der Waals surface area contributed by atoms with Gasteiger partial charge in [0.2, 0.25) is 5.95 Å². The second kappa shape index (κ2) is 7.90. The third-order valence-corrected chi connectivity index (χ3v) is 5.18. The van der Waals surface area contributed by atoms with Gasteiger partial charge in [0.25, 0.3) is 5.92 Å². The van der Waals surface area contributed by atoms with E-state index in [0.717, 1.165) is 29.9 Å². The van der Waals surface area contributed by atoms with Crippen LogP contribution in [0.4, 0.5) is 23.5 Å². The first-order valence-corrected chi connectivity index (χ1v) is 10.0. The number of hydrogen-bond donors (Lipinski definition) is 1. The van der Waals surface area contributed by atoms with Crippen molar-refractivity contribution in [1.82, 2.24) is 34.3 Å². The molecule has 4 heterocycles. The van der Waals surface area contributed by atoms with E-state index in [9.17, 15) is 17.6 Å². The number of aromatic nitrogens is 7. The molecule has 0 aliphatic carbocycles. The lowest BCUT2D eigenvalue weighted by Crippen LogP contribution is -2.29. The Labute approximate surface area is 189 Å². The van der Waals surface area contributed by atoms with E-state index in [-0.39, 0.29) is 22.8 Å². The molecule has 0 aliphatic heterocycles. The van der Waals surface area contributed by atoms with Gasteiger partial charge >= 0.3 is 0 Å². The Morgan fingerprint density at radius 3 is 2.44 bits per heavy atom. The van der Waals surface area contributed by atoms with E-state index >= 15 is 0 Å². The number of halogens is 4. The fraction of sp³-hybridized carbons (Fsp3) is 0.136. The Kier molecular flexibility index (Phi) is 5.00. The summed E-state index contributed by atoms with van der Waals surface area (Å²) >= 11 is 0. The molecule has 1 atom stereocenters. The summed E-state index contributed by atoms with van der Waals surface area (Å²) in [4.78, 5) is 12.5. The van der Waals surface area contributed by atoms with Gasteiger partial charge in [0.05, 0.1) is 36.2 Å². The van der Waals surface area contributed by atoms with Gasteiger partial charge in [-0.15, -0.1) is 5.10 Å². The lowest BCUT2D eigenvalue weighted by atomic mass is 10.0. The van der Waals surface area contributed by atoms with Crippen molar-refractivity contribution in [2.45, 2.75) is 18.9 Å². The molecule has 0 saturated heterocycles. The smallest absolute Gasteiger partial charge is 0.271 e. The maximum Gasteiger partial charge on any atom is 0.271 e.